The Morgan fingerprint density at radius 3 is 2.38 bits per heavy atom. The number of carbonyl (C=O) groups excluding carboxylic acids is 2. The van der Waals surface area contributed by atoms with Crippen molar-refractivity contribution in [3.05, 3.63) is 101 Å². The van der Waals surface area contributed by atoms with Gasteiger partial charge in [-0.25, -0.2) is 0 Å². The summed E-state index contributed by atoms with van der Waals surface area (Å²) < 4.78 is 44.5. The van der Waals surface area contributed by atoms with Crippen LogP contribution in [0.5, 0.6) is 5.75 Å². The third-order valence-corrected chi connectivity index (χ3v) is 5.11. The molecule has 1 aliphatic rings. The molecular formula is C23H16F3NO5. The molecule has 2 N–H and O–H groups in total. The van der Waals surface area contributed by atoms with Gasteiger partial charge in [0.15, 0.2) is 11.5 Å². The molecule has 6 nitrogen and oxygen atoms in total. The molecular weight excluding hydrogens is 427 g/mol. The van der Waals surface area contributed by atoms with Gasteiger partial charge in [0.2, 0.25) is 5.78 Å². The van der Waals surface area contributed by atoms with Crippen LogP contribution in [-0.2, 0) is 17.5 Å². The molecule has 1 aliphatic heterocycles. The zero-order valence-electron chi connectivity index (χ0n) is 16.3. The molecule has 0 aliphatic carbocycles. The second-order valence-corrected chi connectivity index (χ2v) is 7.19. The Balaban J connectivity index is 1.77. The number of hydrogen-bond donors (Lipinski definition) is 2. The smallest absolute Gasteiger partial charge is 0.416 e. The minimum absolute atomic E-state index is 0.0605. The van der Waals surface area contributed by atoms with Crippen molar-refractivity contribution >= 4 is 11.7 Å². The Morgan fingerprint density at radius 1 is 1.03 bits per heavy atom. The number of furan rings is 1. The van der Waals surface area contributed by atoms with Gasteiger partial charge >= 0.3 is 6.18 Å². The third-order valence-electron chi connectivity index (χ3n) is 5.11. The molecule has 32 heavy (non-hydrogen) atoms. The topological polar surface area (TPSA) is 91.0 Å². The van der Waals surface area contributed by atoms with E-state index in [1.165, 1.54) is 54.8 Å². The molecule has 0 saturated carbocycles. The maximum atomic E-state index is 13.1. The lowest BCUT2D eigenvalue weighted by Crippen LogP contribution is -2.30. The van der Waals surface area contributed by atoms with Gasteiger partial charge in [0.1, 0.15) is 5.75 Å². The van der Waals surface area contributed by atoms with Gasteiger partial charge in [-0.05, 0) is 47.5 Å². The summed E-state index contributed by atoms with van der Waals surface area (Å²) >= 11 is 0. The molecule has 0 bridgehead atoms. The molecule has 1 unspecified atom stereocenters. The number of alkyl halides is 3. The van der Waals surface area contributed by atoms with E-state index >= 15 is 0 Å². The maximum absolute atomic E-state index is 13.1. The largest absolute Gasteiger partial charge is 0.508 e. The van der Waals surface area contributed by atoms with Crippen molar-refractivity contribution in [3.8, 4) is 5.75 Å². The van der Waals surface area contributed by atoms with Crippen molar-refractivity contribution in [2.75, 3.05) is 0 Å². The van der Waals surface area contributed by atoms with Crippen LogP contribution >= 0.6 is 0 Å². The fourth-order valence-corrected chi connectivity index (χ4v) is 3.64. The second kappa shape index (κ2) is 7.92. The number of Topliss-reactive ketones (excluding diaryl/α,β-unsaturated/α-hetero) is 1. The third kappa shape index (κ3) is 3.84. The number of phenolic OH excluding ortho intramolecular Hbond substituents is 1. The number of ketones is 1. The Bertz CT molecular complexity index is 1200. The van der Waals surface area contributed by atoms with E-state index < -0.39 is 35.2 Å². The number of phenols is 1. The lowest BCUT2D eigenvalue weighted by atomic mass is 9.94. The zero-order chi connectivity index (χ0) is 23.0. The summed E-state index contributed by atoms with van der Waals surface area (Å²) in [6, 6.07) is 11.8. The van der Waals surface area contributed by atoms with Crippen LogP contribution in [0, 0.1) is 0 Å². The standard InChI is InChI=1S/C23H16F3NO5/c24-23(25,26)15-4-1-3-13(11-15)12-27-19(14-6-8-16(28)9-7-14)18(21(30)22(27)31)20(29)17-5-2-10-32-17/h1-11,19,28,30H,12H2. The minimum atomic E-state index is -4.57. The quantitative estimate of drug-likeness (QED) is 0.554. The number of benzene rings is 2. The van der Waals surface area contributed by atoms with Crippen molar-refractivity contribution in [2.24, 2.45) is 0 Å². The SMILES string of the molecule is O=C(C1=C(O)C(=O)N(Cc2cccc(C(F)(F)F)c2)C1c1ccc(O)cc1)c1ccco1. The molecule has 4 rings (SSSR count). The number of aromatic hydroxyl groups is 1. The normalized spacial score (nSPS) is 16.7. The average Bonchev–Trinajstić information content (AvgIpc) is 3.37. The highest BCUT2D eigenvalue weighted by atomic mass is 19.4. The second-order valence-electron chi connectivity index (χ2n) is 7.19. The Morgan fingerprint density at radius 2 is 1.75 bits per heavy atom. The summed E-state index contributed by atoms with van der Waals surface area (Å²) in [6.07, 6.45) is -3.31. The average molecular weight is 443 g/mol. The highest BCUT2D eigenvalue weighted by molar-refractivity contribution is 6.15. The molecule has 0 saturated heterocycles. The lowest BCUT2D eigenvalue weighted by Gasteiger charge is -2.27. The molecule has 0 radical (unpaired) electrons. The summed E-state index contributed by atoms with van der Waals surface area (Å²) in [5, 5.41) is 20.1. The Hall–Kier alpha value is -4.01. The van der Waals surface area contributed by atoms with E-state index in [2.05, 4.69) is 0 Å². The summed E-state index contributed by atoms with van der Waals surface area (Å²) in [7, 11) is 0. The van der Waals surface area contributed by atoms with E-state index in [0.29, 0.717) is 5.56 Å². The summed E-state index contributed by atoms with van der Waals surface area (Å²) in [6.45, 7) is -0.298. The van der Waals surface area contributed by atoms with Crippen LogP contribution in [0.1, 0.15) is 33.3 Å². The number of halogens is 3. The predicted molar refractivity (Wildman–Crippen MR) is 106 cm³/mol. The van der Waals surface area contributed by atoms with Crippen molar-refractivity contribution in [1.82, 2.24) is 4.90 Å². The molecule has 164 valence electrons. The Kier molecular flexibility index (Phi) is 5.25. The molecule has 0 spiro atoms. The zero-order valence-corrected chi connectivity index (χ0v) is 16.3. The highest BCUT2D eigenvalue weighted by Gasteiger charge is 2.44. The minimum Gasteiger partial charge on any atom is -0.508 e. The number of aliphatic hydroxyl groups excluding tert-OH is 1. The molecule has 1 amide bonds. The van der Waals surface area contributed by atoms with Crippen molar-refractivity contribution in [3.63, 3.8) is 0 Å². The number of hydrogen-bond acceptors (Lipinski definition) is 5. The molecule has 1 atom stereocenters. The number of aliphatic hydroxyl groups is 1. The van der Waals surface area contributed by atoms with Crippen LogP contribution in [-0.4, -0.2) is 26.8 Å². The lowest BCUT2D eigenvalue weighted by molar-refractivity contribution is -0.137. The summed E-state index contributed by atoms with van der Waals surface area (Å²) in [4.78, 5) is 27.0. The summed E-state index contributed by atoms with van der Waals surface area (Å²) in [5.74, 6) is -2.61. The molecule has 0 fully saturated rings. The first-order valence-corrected chi connectivity index (χ1v) is 9.44. The van der Waals surface area contributed by atoms with Crippen molar-refractivity contribution in [2.45, 2.75) is 18.8 Å². The highest BCUT2D eigenvalue weighted by Crippen LogP contribution is 2.40. The number of nitrogens with zero attached hydrogens (tertiary/aromatic N) is 1. The molecule has 2 heterocycles. The fourth-order valence-electron chi connectivity index (χ4n) is 3.64. The van der Waals surface area contributed by atoms with Gasteiger partial charge in [0.25, 0.3) is 5.91 Å². The fraction of sp³-hybridized carbons (Fsp3) is 0.130. The number of rotatable bonds is 5. The van der Waals surface area contributed by atoms with Gasteiger partial charge in [-0.15, -0.1) is 0 Å². The van der Waals surface area contributed by atoms with Gasteiger partial charge in [0, 0.05) is 6.54 Å². The first kappa shape index (κ1) is 21.2. The van der Waals surface area contributed by atoms with E-state index in [0.717, 1.165) is 17.0 Å². The van der Waals surface area contributed by atoms with Crippen molar-refractivity contribution < 1.29 is 37.4 Å². The first-order chi connectivity index (χ1) is 15.2. The van der Waals surface area contributed by atoms with E-state index in [9.17, 15) is 33.0 Å². The van der Waals surface area contributed by atoms with Crippen LogP contribution in [0.2, 0.25) is 0 Å². The van der Waals surface area contributed by atoms with Crippen LogP contribution in [0.3, 0.4) is 0 Å². The first-order valence-electron chi connectivity index (χ1n) is 9.44. The van der Waals surface area contributed by atoms with E-state index in [-0.39, 0.29) is 29.2 Å². The monoisotopic (exact) mass is 443 g/mol. The van der Waals surface area contributed by atoms with E-state index in [4.69, 9.17) is 4.42 Å². The number of carbonyl (C=O) groups is 2. The van der Waals surface area contributed by atoms with Gasteiger partial charge in [-0.1, -0.05) is 24.3 Å². The maximum Gasteiger partial charge on any atom is 0.416 e. The molecule has 2 aromatic carbocycles. The van der Waals surface area contributed by atoms with Crippen LogP contribution in [0.15, 0.2) is 82.7 Å². The number of amides is 1. The van der Waals surface area contributed by atoms with Gasteiger partial charge in [-0.3, -0.25) is 9.59 Å². The Labute approximate surface area is 179 Å². The molecule has 3 aromatic rings. The van der Waals surface area contributed by atoms with Gasteiger partial charge in [-0.2, -0.15) is 13.2 Å². The van der Waals surface area contributed by atoms with Crippen LogP contribution < -0.4 is 0 Å². The van der Waals surface area contributed by atoms with Crippen molar-refractivity contribution in [1.29, 1.82) is 0 Å². The van der Waals surface area contributed by atoms with E-state index in [1.807, 2.05) is 0 Å². The van der Waals surface area contributed by atoms with Gasteiger partial charge in [0.05, 0.1) is 23.4 Å². The van der Waals surface area contributed by atoms with E-state index in [1.54, 1.807) is 0 Å². The predicted octanol–water partition coefficient (Wildman–Crippen LogP) is 4.78. The molecule has 1 aromatic heterocycles. The summed E-state index contributed by atoms with van der Waals surface area (Å²) in [5.41, 5.74) is -0.604. The van der Waals surface area contributed by atoms with Crippen LogP contribution in [0.4, 0.5) is 13.2 Å². The molecule has 9 heteroatoms. The van der Waals surface area contributed by atoms with Crippen LogP contribution in [0.25, 0.3) is 0 Å². The van der Waals surface area contributed by atoms with Gasteiger partial charge < -0.3 is 19.5 Å².